The number of rotatable bonds is 5. The van der Waals surface area contributed by atoms with Gasteiger partial charge in [-0.3, -0.25) is 0 Å². The second kappa shape index (κ2) is 6.27. The number of nitrogens with one attached hydrogen (secondary N) is 1. The summed E-state index contributed by atoms with van der Waals surface area (Å²) in [5, 5.41) is 8.47. The van der Waals surface area contributed by atoms with Crippen molar-refractivity contribution in [2.75, 3.05) is 13.7 Å². The molecule has 0 amide bonds. The van der Waals surface area contributed by atoms with Gasteiger partial charge in [0, 0.05) is 18.2 Å². The summed E-state index contributed by atoms with van der Waals surface area (Å²) in [6.45, 7) is 0.245. The molecule has 1 atom stereocenters. The monoisotopic (exact) mass is 346 g/mol. The average Bonchev–Trinajstić information content (AvgIpc) is 3.01. The molecule has 3 rings (SSSR count). The first-order valence-corrected chi connectivity index (χ1v) is 8.83. The van der Waals surface area contributed by atoms with Crippen molar-refractivity contribution < 1.29 is 17.9 Å². The van der Waals surface area contributed by atoms with E-state index in [9.17, 15) is 8.42 Å². The van der Waals surface area contributed by atoms with Crippen LogP contribution in [0.2, 0.25) is 0 Å². The molecule has 1 aliphatic heterocycles. The zero-order valence-electron chi connectivity index (χ0n) is 13.1. The van der Waals surface area contributed by atoms with Gasteiger partial charge in [-0.05, 0) is 12.1 Å². The lowest BCUT2D eigenvalue weighted by molar-refractivity contribution is -0.0455. The summed E-state index contributed by atoms with van der Waals surface area (Å²) in [7, 11) is -2.16. The quantitative estimate of drug-likeness (QED) is 0.861. The highest BCUT2D eigenvalue weighted by molar-refractivity contribution is 7.89. The maximum Gasteiger partial charge on any atom is 0.238 e. The van der Waals surface area contributed by atoms with Crippen molar-refractivity contribution in [1.29, 1.82) is 0 Å². The molecular weight excluding hydrogens is 328 g/mol. The minimum Gasteiger partial charge on any atom is -0.467 e. The highest BCUT2D eigenvalue weighted by Crippen LogP contribution is 2.33. The van der Waals surface area contributed by atoms with E-state index >= 15 is 0 Å². The van der Waals surface area contributed by atoms with Crippen molar-refractivity contribution in [2.45, 2.75) is 10.6 Å². The molecule has 126 valence electrons. The minimum absolute atomic E-state index is 0.0491. The molecule has 3 N–H and O–H groups in total. The van der Waals surface area contributed by atoms with Crippen molar-refractivity contribution in [3.8, 4) is 0 Å². The van der Waals surface area contributed by atoms with Crippen molar-refractivity contribution >= 4 is 15.7 Å². The van der Waals surface area contributed by atoms with E-state index in [0.717, 1.165) is 16.8 Å². The van der Waals surface area contributed by atoms with E-state index < -0.39 is 15.7 Å². The molecule has 1 aliphatic rings. The van der Waals surface area contributed by atoms with Crippen LogP contribution in [0.15, 0.2) is 65.8 Å². The van der Waals surface area contributed by atoms with Crippen LogP contribution in [-0.2, 0) is 25.2 Å². The Morgan fingerprint density at radius 2 is 1.79 bits per heavy atom. The first-order valence-electron chi connectivity index (χ1n) is 7.28. The predicted octanol–water partition coefficient (Wildman–Crippen LogP) is 1.75. The minimum atomic E-state index is -3.73. The first kappa shape index (κ1) is 16.5. The molecule has 0 bridgehead atoms. The Morgan fingerprint density at radius 3 is 2.38 bits per heavy atom. The summed E-state index contributed by atoms with van der Waals surface area (Å²) < 4.78 is 34.0. The molecule has 2 aromatic rings. The summed E-state index contributed by atoms with van der Waals surface area (Å²) in [5.74, 6) is 0. The van der Waals surface area contributed by atoms with Gasteiger partial charge in [-0.1, -0.05) is 42.5 Å². The molecule has 2 aromatic carbocycles. The molecule has 7 heteroatoms. The molecule has 0 spiro atoms. The van der Waals surface area contributed by atoms with E-state index in [1.165, 1.54) is 12.1 Å². The smallest absolute Gasteiger partial charge is 0.238 e. The summed E-state index contributed by atoms with van der Waals surface area (Å²) in [6, 6.07) is 16.0. The van der Waals surface area contributed by atoms with Crippen LogP contribution in [0.3, 0.4) is 0 Å². The van der Waals surface area contributed by atoms with Gasteiger partial charge in [0.15, 0.2) is 0 Å². The van der Waals surface area contributed by atoms with Crippen LogP contribution in [0.25, 0.3) is 5.70 Å². The van der Waals surface area contributed by atoms with Gasteiger partial charge in [0.05, 0.1) is 10.6 Å². The second-order valence-corrected chi connectivity index (χ2v) is 7.03. The average molecular weight is 346 g/mol. The normalized spacial score (nSPS) is 20.2. The Hall–Kier alpha value is -2.35. The van der Waals surface area contributed by atoms with E-state index in [1.54, 1.807) is 25.5 Å². The molecule has 0 fully saturated rings. The van der Waals surface area contributed by atoms with E-state index in [-0.39, 0.29) is 11.5 Å². The van der Waals surface area contributed by atoms with Gasteiger partial charge in [0.1, 0.15) is 12.9 Å². The Labute approximate surface area is 140 Å². The van der Waals surface area contributed by atoms with Crippen molar-refractivity contribution in [2.24, 2.45) is 5.14 Å². The molecule has 0 radical (unpaired) electrons. The van der Waals surface area contributed by atoms with Crippen LogP contribution in [-0.4, -0.2) is 22.1 Å². The summed E-state index contributed by atoms with van der Waals surface area (Å²) in [6.07, 6.45) is 1.64. The lowest BCUT2D eigenvalue weighted by atomic mass is 10.0. The highest BCUT2D eigenvalue weighted by atomic mass is 32.2. The molecule has 0 aromatic heterocycles. The number of hydrogen-bond donors (Lipinski definition) is 2. The van der Waals surface area contributed by atoms with Crippen molar-refractivity contribution in [3.63, 3.8) is 0 Å². The zero-order valence-corrected chi connectivity index (χ0v) is 13.9. The predicted molar refractivity (Wildman–Crippen MR) is 90.0 cm³/mol. The molecule has 6 nitrogen and oxygen atoms in total. The molecular formula is C17H18N2O4S. The number of primary sulfonamides is 1. The van der Waals surface area contributed by atoms with Crippen molar-refractivity contribution in [1.82, 2.24) is 5.32 Å². The van der Waals surface area contributed by atoms with Gasteiger partial charge in [-0.15, -0.1) is 0 Å². The Balaban J connectivity index is 1.91. The number of benzene rings is 2. The fourth-order valence-electron chi connectivity index (χ4n) is 2.60. The maximum absolute atomic E-state index is 11.4. The van der Waals surface area contributed by atoms with Crippen LogP contribution in [0.5, 0.6) is 0 Å². The third-order valence-corrected chi connectivity index (χ3v) is 4.73. The molecule has 0 saturated carbocycles. The summed E-state index contributed by atoms with van der Waals surface area (Å²) in [4.78, 5) is 0.0491. The lowest BCUT2D eigenvalue weighted by Crippen LogP contribution is -2.43. The summed E-state index contributed by atoms with van der Waals surface area (Å²) >= 11 is 0. The van der Waals surface area contributed by atoms with Gasteiger partial charge in [0.2, 0.25) is 15.7 Å². The number of sulfonamides is 1. The van der Waals surface area contributed by atoms with Crippen LogP contribution in [0, 0.1) is 0 Å². The van der Waals surface area contributed by atoms with E-state index in [4.69, 9.17) is 14.6 Å². The summed E-state index contributed by atoms with van der Waals surface area (Å²) in [5.41, 5.74) is 1.62. The van der Waals surface area contributed by atoms with E-state index in [0.29, 0.717) is 0 Å². The molecule has 0 saturated heterocycles. The van der Waals surface area contributed by atoms with Crippen molar-refractivity contribution in [3.05, 3.63) is 72.0 Å². The molecule has 0 aliphatic carbocycles. The Kier molecular flexibility index (Phi) is 4.31. The SMILES string of the molecule is COCC1(c2ccc(S(N)(=O)=O)cc2)NC(c2ccccc2)=CO1. The fourth-order valence-corrected chi connectivity index (χ4v) is 3.12. The number of hydrogen-bond acceptors (Lipinski definition) is 5. The van der Waals surface area contributed by atoms with Crippen LogP contribution in [0.4, 0.5) is 0 Å². The Morgan fingerprint density at radius 1 is 1.12 bits per heavy atom. The van der Waals surface area contributed by atoms with Crippen LogP contribution >= 0.6 is 0 Å². The lowest BCUT2D eigenvalue weighted by Gasteiger charge is -2.30. The highest BCUT2D eigenvalue weighted by Gasteiger charge is 2.39. The maximum atomic E-state index is 11.4. The van der Waals surface area contributed by atoms with Gasteiger partial charge >= 0.3 is 0 Å². The van der Waals surface area contributed by atoms with Crippen LogP contribution < -0.4 is 10.5 Å². The zero-order chi connectivity index (χ0) is 17.2. The van der Waals surface area contributed by atoms with E-state index in [2.05, 4.69) is 5.32 Å². The number of ether oxygens (including phenoxy) is 2. The standard InChI is InChI=1S/C17H18N2O4S/c1-22-12-17(14-7-9-15(10-8-14)24(18,20)21)19-16(11-23-17)13-5-3-2-4-6-13/h2-11,19H,12H2,1H3,(H2,18,20,21). The molecule has 1 unspecified atom stereocenters. The third kappa shape index (κ3) is 3.14. The number of methoxy groups -OCH3 is 1. The topological polar surface area (TPSA) is 90.7 Å². The number of nitrogens with two attached hydrogens (primary N) is 1. The largest absolute Gasteiger partial charge is 0.467 e. The fraction of sp³-hybridized carbons (Fsp3) is 0.176. The van der Waals surface area contributed by atoms with Gasteiger partial charge in [-0.2, -0.15) is 0 Å². The van der Waals surface area contributed by atoms with Gasteiger partial charge < -0.3 is 14.8 Å². The van der Waals surface area contributed by atoms with Gasteiger partial charge in [0.25, 0.3) is 0 Å². The first-order chi connectivity index (χ1) is 11.4. The Bertz CT molecular complexity index is 848. The second-order valence-electron chi connectivity index (χ2n) is 5.47. The van der Waals surface area contributed by atoms with Gasteiger partial charge in [-0.25, -0.2) is 13.6 Å². The third-order valence-electron chi connectivity index (χ3n) is 3.80. The van der Waals surface area contributed by atoms with E-state index in [1.807, 2.05) is 30.3 Å². The molecule has 24 heavy (non-hydrogen) atoms. The van der Waals surface area contributed by atoms with Crippen LogP contribution in [0.1, 0.15) is 11.1 Å². The molecule has 1 heterocycles.